The number of hydrogen-bond donors (Lipinski definition) is 0. The molecule has 0 saturated heterocycles. The minimum Gasteiger partial charge on any atom is -0.118 e. The molecule has 0 nitrogen and oxygen atoms in total. The molecule has 0 radical (unpaired) electrons. The molecule has 2 rings (SSSR count). The third-order valence-corrected chi connectivity index (χ3v) is 5.82. The van der Waals surface area contributed by atoms with Gasteiger partial charge in [-0.1, -0.05) is 30.8 Å². The lowest BCUT2D eigenvalue weighted by Gasteiger charge is -2.12. The molecule has 0 heterocycles. The third-order valence-electron chi connectivity index (χ3n) is 2.76. The zero-order chi connectivity index (χ0) is 8.22. The number of allylic oxidation sites excluding steroid dienone is 2. The molecule has 0 aromatic carbocycles. The van der Waals surface area contributed by atoms with Crippen molar-refractivity contribution in [2.24, 2.45) is 0 Å². The highest BCUT2D eigenvalue weighted by atomic mass is 35.5. The maximum atomic E-state index is 5.96. The molecule has 0 N–H and O–H groups in total. The lowest BCUT2D eigenvalue weighted by Crippen LogP contribution is -2.19. The van der Waals surface area contributed by atoms with Crippen LogP contribution in [0.4, 0.5) is 0 Å². The van der Waals surface area contributed by atoms with Crippen LogP contribution in [0.25, 0.3) is 0 Å². The van der Waals surface area contributed by atoms with Crippen molar-refractivity contribution in [3.8, 4) is 0 Å². The molecular weight excluding hydrogens is 172 g/mol. The summed E-state index contributed by atoms with van der Waals surface area (Å²) in [5.74, 6) is 0. The van der Waals surface area contributed by atoms with E-state index in [-0.39, 0.29) is 0 Å². The van der Waals surface area contributed by atoms with Crippen LogP contribution >= 0.6 is 11.6 Å². The van der Waals surface area contributed by atoms with Crippen LogP contribution in [0.3, 0.4) is 0 Å². The van der Waals surface area contributed by atoms with Gasteiger partial charge < -0.3 is 0 Å². The lowest BCUT2D eigenvalue weighted by atomic mass is 10.5. The summed E-state index contributed by atoms with van der Waals surface area (Å²) in [5, 5.41) is 0.436. The van der Waals surface area contributed by atoms with Crippen LogP contribution in [0.15, 0.2) is 11.1 Å². The highest BCUT2D eigenvalue weighted by Gasteiger charge is 2.47. The van der Waals surface area contributed by atoms with Gasteiger partial charge in [-0.3, -0.25) is 0 Å². The summed E-state index contributed by atoms with van der Waals surface area (Å²) in [7, 11) is -0.855. The Morgan fingerprint density at radius 1 is 1.18 bits per heavy atom. The Balaban J connectivity index is 2.07. The van der Waals surface area contributed by atoms with E-state index in [9.17, 15) is 0 Å². The lowest BCUT2D eigenvalue weighted by molar-refractivity contribution is 1.35. The fourth-order valence-corrected chi connectivity index (χ4v) is 4.18. The van der Waals surface area contributed by atoms with Crippen molar-refractivity contribution in [2.75, 3.05) is 0 Å². The summed E-state index contributed by atoms with van der Waals surface area (Å²) in [6, 6.07) is 0. The van der Waals surface area contributed by atoms with Crippen LogP contribution in [0.5, 0.6) is 0 Å². The SMILES string of the molecule is C[Si](C)(C)C1C/C1=C1\CC1Cl. The monoisotopic (exact) mass is 186 g/mol. The second-order valence-electron chi connectivity index (χ2n) is 4.84. The van der Waals surface area contributed by atoms with Crippen molar-refractivity contribution in [3.05, 3.63) is 11.1 Å². The molecule has 2 aliphatic rings. The zero-order valence-corrected chi connectivity index (χ0v) is 9.20. The van der Waals surface area contributed by atoms with Crippen LogP contribution in [-0.2, 0) is 0 Å². The Morgan fingerprint density at radius 2 is 1.73 bits per heavy atom. The molecule has 0 aromatic heterocycles. The third kappa shape index (κ3) is 1.41. The minimum atomic E-state index is -0.855. The summed E-state index contributed by atoms with van der Waals surface area (Å²) in [4.78, 5) is 0. The van der Waals surface area contributed by atoms with Crippen LogP contribution in [0.2, 0.25) is 25.2 Å². The van der Waals surface area contributed by atoms with Crippen molar-refractivity contribution in [1.82, 2.24) is 0 Å². The van der Waals surface area contributed by atoms with Gasteiger partial charge in [-0.25, -0.2) is 0 Å². The van der Waals surface area contributed by atoms with Crippen molar-refractivity contribution in [1.29, 1.82) is 0 Å². The Hall–Kier alpha value is 0.247. The van der Waals surface area contributed by atoms with E-state index in [1.54, 1.807) is 11.1 Å². The molecule has 2 atom stereocenters. The van der Waals surface area contributed by atoms with Gasteiger partial charge in [0.05, 0.1) is 13.5 Å². The Labute approximate surface area is 74.6 Å². The van der Waals surface area contributed by atoms with Crippen molar-refractivity contribution in [3.63, 3.8) is 0 Å². The van der Waals surface area contributed by atoms with Gasteiger partial charge in [0.1, 0.15) is 0 Å². The average Bonchev–Trinajstić information content (AvgIpc) is 2.53. The maximum Gasteiger partial charge on any atom is 0.0586 e. The molecule has 2 heteroatoms. The van der Waals surface area contributed by atoms with Gasteiger partial charge in [0.15, 0.2) is 0 Å². The highest BCUT2D eigenvalue weighted by Crippen LogP contribution is 2.58. The smallest absolute Gasteiger partial charge is 0.0586 e. The molecule has 0 aliphatic heterocycles. The normalized spacial score (nSPS) is 42.5. The molecule has 2 unspecified atom stereocenters. The van der Waals surface area contributed by atoms with Gasteiger partial charge in [0, 0.05) is 0 Å². The second kappa shape index (κ2) is 2.14. The molecule has 2 aliphatic carbocycles. The van der Waals surface area contributed by atoms with E-state index in [1.165, 1.54) is 12.8 Å². The average molecular weight is 187 g/mol. The topological polar surface area (TPSA) is 0 Å². The molecular formula is C9H15ClSi. The van der Waals surface area contributed by atoms with Crippen molar-refractivity contribution >= 4 is 19.7 Å². The van der Waals surface area contributed by atoms with Crippen LogP contribution in [-0.4, -0.2) is 13.5 Å². The van der Waals surface area contributed by atoms with E-state index in [1.807, 2.05) is 0 Å². The Bertz CT molecular complexity index is 224. The predicted octanol–water partition coefficient (Wildman–Crippen LogP) is 3.41. The molecule has 0 amide bonds. The number of alkyl halides is 1. The quantitative estimate of drug-likeness (QED) is 0.335. The van der Waals surface area contributed by atoms with Crippen molar-refractivity contribution in [2.45, 2.75) is 43.4 Å². The fourth-order valence-electron chi connectivity index (χ4n) is 1.81. The molecule has 0 aromatic rings. The summed E-state index contributed by atoms with van der Waals surface area (Å²) in [6.07, 6.45) is 2.58. The van der Waals surface area contributed by atoms with Gasteiger partial charge in [0.25, 0.3) is 0 Å². The van der Waals surface area contributed by atoms with E-state index in [0.29, 0.717) is 5.38 Å². The molecule has 0 spiro atoms. The van der Waals surface area contributed by atoms with E-state index >= 15 is 0 Å². The summed E-state index contributed by atoms with van der Waals surface area (Å²) in [5.41, 5.74) is 4.32. The first-order chi connectivity index (χ1) is 5.00. The Morgan fingerprint density at radius 3 is 2.00 bits per heavy atom. The van der Waals surface area contributed by atoms with E-state index in [2.05, 4.69) is 19.6 Å². The number of rotatable bonds is 1. The van der Waals surface area contributed by atoms with Gasteiger partial charge in [-0.05, 0) is 18.4 Å². The zero-order valence-electron chi connectivity index (χ0n) is 7.45. The van der Waals surface area contributed by atoms with Gasteiger partial charge in [-0.2, -0.15) is 0 Å². The van der Waals surface area contributed by atoms with E-state index < -0.39 is 8.07 Å². The van der Waals surface area contributed by atoms with Crippen LogP contribution in [0, 0.1) is 0 Å². The largest absolute Gasteiger partial charge is 0.118 e. The molecule has 2 saturated carbocycles. The van der Waals surface area contributed by atoms with E-state index in [0.717, 1.165) is 5.54 Å². The first kappa shape index (κ1) is 7.87. The van der Waals surface area contributed by atoms with Gasteiger partial charge in [-0.15, -0.1) is 11.6 Å². The molecule has 0 bridgehead atoms. The summed E-state index contributed by atoms with van der Waals surface area (Å²) in [6.45, 7) is 7.37. The molecule has 2 fully saturated rings. The van der Waals surface area contributed by atoms with E-state index in [4.69, 9.17) is 11.6 Å². The predicted molar refractivity (Wildman–Crippen MR) is 53.0 cm³/mol. The highest BCUT2D eigenvalue weighted by molar-refractivity contribution is 6.79. The van der Waals surface area contributed by atoms with Crippen molar-refractivity contribution < 1.29 is 0 Å². The standard InChI is InChI=1S/C9H15ClSi/c1-11(2,3)9-5-7(9)6-4-8(6)10/h8-9H,4-5H2,1-3H3/b7-6-. The number of halogens is 1. The summed E-state index contributed by atoms with van der Waals surface area (Å²) < 4.78 is 0. The first-order valence-electron chi connectivity index (χ1n) is 4.36. The number of hydrogen-bond acceptors (Lipinski definition) is 0. The minimum absolute atomic E-state index is 0.436. The van der Waals surface area contributed by atoms with Crippen LogP contribution < -0.4 is 0 Å². The Kier molecular flexibility index (Phi) is 1.53. The maximum absolute atomic E-state index is 5.96. The molecule has 11 heavy (non-hydrogen) atoms. The van der Waals surface area contributed by atoms with Crippen LogP contribution in [0.1, 0.15) is 12.8 Å². The fraction of sp³-hybridized carbons (Fsp3) is 0.778. The molecule has 62 valence electrons. The second-order valence-corrected chi connectivity index (χ2v) is 10.8. The van der Waals surface area contributed by atoms with Gasteiger partial charge >= 0.3 is 0 Å². The first-order valence-corrected chi connectivity index (χ1v) is 8.37. The van der Waals surface area contributed by atoms with Gasteiger partial charge in [0.2, 0.25) is 0 Å². The summed E-state index contributed by atoms with van der Waals surface area (Å²) >= 11 is 5.96.